The Hall–Kier alpha value is -2.62. The van der Waals surface area contributed by atoms with Crippen LogP contribution in [0.3, 0.4) is 0 Å². The Balaban J connectivity index is 1.86. The number of hydrogen-bond acceptors (Lipinski definition) is 3. The number of aryl methyl sites for hydroxylation is 1. The molecule has 0 spiro atoms. The summed E-state index contributed by atoms with van der Waals surface area (Å²) in [6, 6.07) is 12.4. The summed E-state index contributed by atoms with van der Waals surface area (Å²) >= 11 is 0. The average Bonchev–Trinajstić information content (AvgIpc) is 3.13. The molecule has 1 aromatic carbocycles. The molecule has 0 aliphatic carbocycles. The number of rotatable bonds is 2. The van der Waals surface area contributed by atoms with Crippen LogP contribution in [0.25, 0.3) is 16.9 Å². The first-order valence-electron chi connectivity index (χ1n) is 7.04. The monoisotopic (exact) mass is 277 g/mol. The first-order valence-corrected chi connectivity index (χ1v) is 7.04. The van der Waals surface area contributed by atoms with E-state index in [0.29, 0.717) is 0 Å². The third-order valence-electron chi connectivity index (χ3n) is 3.73. The number of fused-ring (bicyclic) bond motifs is 1. The standard InChI is InChI=1S/C17H15N3O/c1-12-10-16(20(19-12)15-4-7-18-8-5-15)14-3-2-13-6-9-21-17(13)11-14/h2-5,7-8,10-11H,6,9H2,1H3. The minimum atomic E-state index is 0.779. The highest BCUT2D eigenvalue weighted by Crippen LogP contribution is 2.32. The van der Waals surface area contributed by atoms with Gasteiger partial charge in [0.05, 0.1) is 23.7 Å². The Morgan fingerprint density at radius 3 is 2.81 bits per heavy atom. The van der Waals surface area contributed by atoms with Crippen LogP contribution in [0, 0.1) is 6.92 Å². The molecule has 0 amide bonds. The van der Waals surface area contributed by atoms with Gasteiger partial charge in [0.25, 0.3) is 0 Å². The summed E-state index contributed by atoms with van der Waals surface area (Å²) < 4.78 is 7.63. The van der Waals surface area contributed by atoms with Crippen LogP contribution in [-0.2, 0) is 6.42 Å². The Kier molecular flexibility index (Phi) is 2.74. The van der Waals surface area contributed by atoms with Crippen LogP contribution in [0.4, 0.5) is 0 Å². The van der Waals surface area contributed by atoms with Crippen molar-refractivity contribution in [1.29, 1.82) is 0 Å². The van der Waals surface area contributed by atoms with E-state index in [2.05, 4.69) is 34.3 Å². The van der Waals surface area contributed by atoms with Gasteiger partial charge in [-0.05, 0) is 36.8 Å². The summed E-state index contributed by atoms with van der Waals surface area (Å²) in [5.74, 6) is 0.993. The maximum Gasteiger partial charge on any atom is 0.123 e. The normalized spacial score (nSPS) is 13.0. The molecule has 1 aliphatic heterocycles. The van der Waals surface area contributed by atoms with E-state index in [-0.39, 0.29) is 0 Å². The van der Waals surface area contributed by atoms with Crippen molar-refractivity contribution in [3.05, 3.63) is 60.0 Å². The van der Waals surface area contributed by atoms with Gasteiger partial charge in [-0.3, -0.25) is 4.98 Å². The van der Waals surface area contributed by atoms with Gasteiger partial charge in [0.2, 0.25) is 0 Å². The van der Waals surface area contributed by atoms with E-state index in [1.165, 1.54) is 5.56 Å². The fourth-order valence-corrected chi connectivity index (χ4v) is 2.71. The van der Waals surface area contributed by atoms with Crippen LogP contribution in [0.15, 0.2) is 48.8 Å². The molecule has 0 saturated heterocycles. The van der Waals surface area contributed by atoms with Crippen molar-refractivity contribution in [2.24, 2.45) is 0 Å². The summed E-state index contributed by atoms with van der Waals surface area (Å²) in [6.07, 6.45) is 4.56. The summed E-state index contributed by atoms with van der Waals surface area (Å²) in [4.78, 5) is 4.07. The van der Waals surface area contributed by atoms with E-state index in [1.54, 1.807) is 12.4 Å². The SMILES string of the molecule is Cc1cc(-c2ccc3c(c2)OCC3)n(-c2ccncc2)n1. The molecule has 4 nitrogen and oxygen atoms in total. The van der Waals surface area contributed by atoms with Crippen LogP contribution >= 0.6 is 0 Å². The first kappa shape index (κ1) is 12.1. The Bertz CT molecular complexity index is 793. The van der Waals surface area contributed by atoms with Gasteiger partial charge in [-0.2, -0.15) is 5.10 Å². The summed E-state index contributed by atoms with van der Waals surface area (Å²) in [5, 5.41) is 4.60. The van der Waals surface area contributed by atoms with E-state index in [0.717, 1.165) is 41.4 Å². The molecule has 104 valence electrons. The molecule has 21 heavy (non-hydrogen) atoms. The third kappa shape index (κ3) is 2.09. The van der Waals surface area contributed by atoms with Crippen LogP contribution in [0.2, 0.25) is 0 Å². The van der Waals surface area contributed by atoms with E-state index in [1.807, 2.05) is 23.7 Å². The molecule has 4 heteroatoms. The minimum Gasteiger partial charge on any atom is -0.493 e. The molecule has 3 aromatic rings. The number of ether oxygens (including phenoxy) is 1. The zero-order chi connectivity index (χ0) is 14.2. The number of benzene rings is 1. The smallest absolute Gasteiger partial charge is 0.123 e. The predicted molar refractivity (Wildman–Crippen MR) is 80.7 cm³/mol. The fraction of sp³-hybridized carbons (Fsp3) is 0.176. The summed E-state index contributed by atoms with van der Waals surface area (Å²) in [7, 11) is 0. The van der Waals surface area contributed by atoms with Gasteiger partial charge in [0.1, 0.15) is 5.75 Å². The number of pyridine rings is 1. The average molecular weight is 277 g/mol. The van der Waals surface area contributed by atoms with E-state index >= 15 is 0 Å². The largest absolute Gasteiger partial charge is 0.493 e. The van der Waals surface area contributed by atoms with Gasteiger partial charge in [-0.25, -0.2) is 4.68 Å². The molecular formula is C17H15N3O. The Morgan fingerprint density at radius 2 is 1.95 bits per heavy atom. The first-order chi connectivity index (χ1) is 10.3. The highest BCUT2D eigenvalue weighted by Gasteiger charge is 2.15. The lowest BCUT2D eigenvalue weighted by molar-refractivity contribution is 0.357. The van der Waals surface area contributed by atoms with Gasteiger partial charge in [-0.1, -0.05) is 12.1 Å². The molecule has 0 N–H and O–H groups in total. The molecule has 4 rings (SSSR count). The lowest BCUT2D eigenvalue weighted by Crippen LogP contribution is -1.99. The third-order valence-corrected chi connectivity index (χ3v) is 3.73. The molecule has 2 aromatic heterocycles. The topological polar surface area (TPSA) is 39.9 Å². The highest BCUT2D eigenvalue weighted by atomic mass is 16.5. The maximum absolute atomic E-state index is 5.67. The number of nitrogens with zero attached hydrogens (tertiary/aromatic N) is 3. The molecule has 1 aliphatic rings. The molecule has 0 saturated carbocycles. The van der Waals surface area contributed by atoms with Crippen LogP contribution in [-0.4, -0.2) is 21.4 Å². The second-order valence-electron chi connectivity index (χ2n) is 5.21. The zero-order valence-corrected chi connectivity index (χ0v) is 11.8. The van der Waals surface area contributed by atoms with Gasteiger partial charge in [-0.15, -0.1) is 0 Å². The van der Waals surface area contributed by atoms with Crippen molar-refractivity contribution < 1.29 is 4.74 Å². The van der Waals surface area contributed by atoms with Gasteiger partial charge >= 0.3 is 0 Å². The maximum atomic E-state index is 5.67. The second kappa shape index (κ2) is 4.74. The fourth-order valence-electron chi connectivity index (χ4n) is 2.71. The molecule has 0 atom stereocenters. The Morgan fingerprint density at radius 1 is 1.10 bits per heavy atom. The second-order valence-corrected chi connectivity index (χ2v) is 5.21. The number of aromatic nitrogens is 3. The van der Waals surface area contributed by atoms with E-state index in [4.69, 9.17) is 4.74 Å². The molecule has 3 heterocycles. The molecule has 0 bridgehead atoms. The van der Waals surface area contributed by atoms with Crippen molar-refractivity contribution in [1.82, 2.24) is 14.8 Å². The zero-order valence-electron chi connectivity index (χ0n) is 11.8. The molecular weight excluding hydrogens is 262 g/mol. The molecule has 0 unspecified atom stereocenters. The lowest BCUT2D eigenvalue weighted by Gasteiger charge is -2.08. The highest BCUT2D eigenvalue weighted by molar-refractivity contribution is 5.65. The number of hydrogen-bond donors (Lipinski definition) is 0. The van der Waals surface area contributed by atoms with Gasteiger partial charge in [0.15, 0.2) is 0 Å². The van der Waals surface area contributed by atoms with Crippen LogP contribution < -0.4 is 4.74 Å². The van der Waals surface area contributed by atoms with Crippen molar-refractivity contribution >= 4 is 0 Å². The Labute approximate surface area is 123 Å². The molecule has 0 fully saturated rings. The van der Waals surface area contributed by atoms with Gasteiger partial charge < -0.3 is 4.74 Å². The molecule has 0 radical (unpaired) electrons. The minimum absolute atomic E-state index is 0.779. The van der Waals surface area contributed by atoms with Crippen LogP contribution in [0.1, 0.15) is 11.3 Å². The summed E-state index contributed by atoms with van der Waals surface area (Å²) in [5.41, 5.74) is 5.47. The van der Waals surface area contributed by atoms with Crippen molar-refractivity contribution in [3.63, 3.8) is 0 Å². The summed E-state index contributed by atoms with van der Waals surface area (Å²) in [6.45, 7) is 2.78. The van der Waals surface area contributed by atoms with Crippen LogP contribution in [0.5, 0.6) is 5.75 Å². The van der Waals surface area contributed by atoms with Gasteiger partial charge in [0, 0.05) is 24.4 Å². The lowest BCUT2D eigenvalue weighted by atomic mass is 10.1. The predicted octanol–water partition coefficient (Wildman–Crippen LogP) is 3.18. The van der Waals surface area contributed by atoms with Crippen molar-refractivity contribution in [3.8, 4) is 22.7 Å². The van der Waals surface area contributed by atoms with Crippen molar-refractivity contribution in [2.75, 3.05) is 6.61 Å². The quantitative estimate of drug-likeness (QED) is 0.722. The van der Waals surface area contributed by atoms with E-state index < -0.39 is 0 Å². The van der Waals surface area contributed by atoms with Crippen molar-refractivity contribution in [2.45, 2.75) is 13.3 Å². The van der Waals surface area contributed by atoms with E-state index in [9.17, 15) is 0 Å².